The molecule has 1 saturated heterocycles. The number of allylic oxidation sites excluding steroid dienone is 2. The molecule has 1 heterocycles. The summed E-state index contributed by atoms with van der Waals surface area (Å²) in [4.78, 5) is 4.83. The Bertz CT molecular complexity index is 230. The standard InChI is InChI=1S/C12H20Cl2N2/c1-11(13)3-5-15-7-9-16(10-8-15)6-4-12(2)14/h3-4H,5-10H2,1-2H3/b11-3+,12-4+. The highest BCUT2D eigenvalue weighted by molar-refractivity contribution is 6.29. The lowest BCUT2D eigenvalue weighted by atomic mass is 10.3. The fourth-order valence-corrected chi connectivity index (χ4v) is 1.80. The monoisotopic (exact) mass is 262 g/mol. The average Bonchev–Trinajstić information content (AvgIpc) is 2.25. The molecule has 0 aromatic heterocycles. The van der Waals surface area contributed by atoms with Crippen LogP contribution in [0.3, 0.4) is 0 Å². The van der Waals surface area contributed by atoms with Gasteiger partial charge in [0.1, 0.15) is 0 Å². The zero-order valence-corrected chi connectivity index (χ0v) is 11.6. The Kier molecular flexibility index (Phi) is 6.44. The lowest BCUT2D eigenvalue weighted by Gasteiger charge is -2.33. The molecule has 16 heavy (non-hydrogen) atoms. The number of nitrogens with zero attached hydrogens (tertiary/aromatic N) is 2. The summed E-state index contributed by atoms with van der Waals surface area (Å²) in [5.74, 6) is 0. The van der Waals surface area contributed by atoms with E-state index in [9.17, 15) is 0 Å². The second-order valence-corrected chi connectivity index (χ2v) is 5.38. The fraction of sp³-hybridized carbons (Fsp3) is 0.667. The van der Waals surface area contributed by atoms with Gasteiger partial charge >= 0.3 is 0 Å². The van der Waals surface area contributed by atoms with Gasteiger partial charge in [0.2, 0.25) is 0 Å². The average molecular weight is 263 g/mol. The van der Waals surface area contributed by atoms with Crippen LogP contribution in [0.4, 0.5) is 0 Å². The van der Waals surface area contributed by atoms with Crippen LogP contribution in [0.5, 0.6) is 0 Å². The molecule has 1 aliphatic rings. The molecule has 2 nitrogen and oxygen atoms in total. The van der Waals surface area contributed by atoms with E-state index in [2.05, 4.69) is 22.0 Å². The second kappa shape index (κ2) is 7.33. The predicted octanol–water partition coefficient (Wildman–Crippen LogP) is 2.89. The fourth-order valence-electron chi connectivity index (χ4n) is 1.66. The molecule has 0 radical (unpaired) electrons. The van der Waals surface area contributed by atoms with Gasteiger partial charge in [-0.3, -0.25) is 9.80 Å². The molecule has 1 fully saturated rings. The summed E-state index contributed by atoms with van der Waals surface area (Å²) < 4.78 is 0. The highest BCUT2D eigenvalue weighted by Gasteiger charge is 2.14. The van der Waals surface area contributed by atoms with Gasteiger partial charge in [-0.15, -0.1) is 0 Å². The number of hydrogen-bond donors (Lipinski definition) is 0. The molecule has 0 aromatic carbocycles. The maximum absolute atomic E-state index is 5.81. The molecule has 1 rings (SSSR count). The molecule has 0 amide bonds. The van der Waals surface area contributed by atoms with E-state index in [0.29, 0.717) is 0 Å². The maximum atomic E-state index is 5.81. The van der Waals surface area contributed by atoms with Crippen LogP contribution in [0, 0.1) is 0 Å². The Hall–Kier alpha value is -0.0200. The van der Waals surface area contributed by atoms with Gasteiger partial charge in [-0.2, -0.15) is 0 Å². The number of rotatable bonds is 4. The molecular weight excluding hydrogens is 243 g/mol. The summed E-state index contributed by atoms with van der Waals surface area (Å²) in [7, 11) is 0. The van der Waals surface area contributed by atoms with Crippen molar-refractivity contribution in [1.29, 1.82) is 0 Å². The van der Waals surface area contributed by atoms with Gasteiger partial charge in [0.15, 0.2) is 0 Å². The lowest BCUT2D eigenvalue weighted by molar-refractivity contribution is 0.153. The molecule has 0 spiro atoms. The Balaban J connectivity index is 2.23. The minimum Gasteiger partial charge on any atom is -0.297 e. The number of piperazine rings is 1. The SMILES string of the molecule is C/C(Cl)=C\CN1CCN(C/C=C(\C)Cl)CC1. The van der Waals surface area contributed by atoms with E-state index in [1.807, 2.05) is 13.8 Å². The highest BCUT2D eigenvalue weighted by atomic mass is 35.5. The molecule has 0 aromatic rings. The lowest BCUT2D eigenvalue weighted by Crippen LogP contribution is -2.46. The summed E-state index contributed by atoms with van der Waals surface area (Å²) in [6, 6.07) is 0. The van der Waals surface area contributed by atoms with Crippen molar-refractivity contribution in [2.45, 2.75) is 13.8 Å². The maximum Gasteiger partial charge on any atom is 0.0178 e. The van der Waals surface area contributed by atoms with Gasteiger partial charge < -0.3 is 0 Å². The van der Waals surface area contributed by atoms with E-state index in [1.54, 1.807) is 0 Å². The highest BCUT2D eigenvalue weighted by Crippen LogP contribution is 2.05. The van der Waals surface area contributed by atoms with E-state index < -0.39 is 0 Å². The third-order valence-electron chi connectivity index (χ3n) is 2.73. The van der Waals surface area contributed by atoms with Gasteiger partial charge in [-0.1, -0.05) is 35.4 Å². The Labute approximate surface area is 108 Å². The van der Waals surface area contributed by atoms with Gasteiger partial charge in [-0.25, -0.2) is 0 Å². The summed E-state index contributed by atoms with van der Waals surface area (Å²) in [6.07, 6.45) is 4.14. The second-order valence-electron chi connectivity index (χ2n) is 4.18. The minimum absolute atomic E-state index is 0.878. The van der Waals surface area contributed by atoms with Crippen molar-refractivity contribution in [3.05, 3.63) is 22.2 Å². The largest absolute Gasteiger partial charge is 0.297 e. The van der Waals surface area contributed by atoms with Gasteiger partial charge in [0.05, 0.1) is 0 Å². The van der Waals surface area contributed by atoms with Crippen LogP contribution in [-0.2, 0) is 0 Å². The Morgan fingerprint density at radius 2 is 1.19 bits per heavy atom. The molecular formula is C12H20Cl2N2. The summed E-state index contributed by atoms with van der Waals surface area (Å²) in [5, 5.41) is 1.76. The molecule has 0 unspecified atom stereocenters. The third kappa shape index (κ3) is 5.90. The first-order valence-electron chi connectivity index (χ1n) is 5.67. The van der Waals surface area contributed by atoms with Crippen molar-refractivity contribution in [2.75, 3.05) is 39.3 Å². The van der Waals surface area contributed by atoms with Crippen molar-refractivity contribution in [3.63, 3.8) is 0 Å². The zero-order chi connectivity index (χ0) is 12.0. The molecule has 0 aliphatic carbocycles. The third-order valence-corrected chi connectivity index (χ3v) is 3.04. The zero-order valence-electron chi connectivity index (χ0n) is 10.0. The Morgan fingerprint density at radius 3 is 1.44 bits per heavy atom. The first-order chi connectivity index (χ1) is 7.58. The van der Waals surface area contributed by atoms with Gasteiger partial charge in [0, 0.05) is 49.3 Å². The van der Waals surface area contributed by atoms with Crippen LogP contribution in [0.2, 0.25) is 0 Å². The molecule has 4 heteroatoms. The van der Waals surface area contributed by atoms with Crippen molar-refractivity contribution >= 4 is 23.2 Å². The van der Waals surface area contributed by atoms with Crippen LogP contribution in [-0.4, -0.2) is 49.1 Å². The van der Waals surface area contributed by atoms with Crippen molar-refractivity contribution in [2.24, 2.45) is 0 Å². The predicted molar refractivity (Wildman–Crippen MR) is 72.1 cm³/mol. The van der Waals surface area contributed by atoms with Gasteiger partial charge in [0.25, 0.3) is 0 Å². The van der Waals surface area contributed by atoms with E-state index >= 15 is 0 Å². The topological polar surface area (TPSA) is 6.48 Å². The van der Waals surface area contributed by atoms with Crippen molar-refractivity contribution in [1.82, 2.24) is 9.80 Å². The Morgan fingerprint density at radius 1 is 0.875 bits per heavy atom. The van der Waals surface area contributed by atoms with Crippen LogP contribution in [0.1, 0.15) is 13.8 Å². The van der Waals surface area contributed by atoms with Crippen LogP contribution < -0.4 is 0 Å². The van der Waals surface area contributed by atoms with Crippen LogP contribution in [0.25, 0.3) is 0 Å². The van der Waals surface area contributed by atoms with E-state index in [-0.39, 0.29) is 0 Å². The van der Waals surface area contributed by atoms with Crippen LogP contribution >= 0.6 is 23.2 Å². The first kappa shape index (κ1) is 14.0. The molecule has 0 bridgehead atoms. The molecule has 0 atom stereocenters. The quantitative estimate of drug-likeness (QED) is 0.769. The number of hydrogen-bond acceptors (Lipinski definition) is 2. The molecule has 0 saturated carbocycles. The molecule has 92 valence electrons. The van der Waals surface area contributed by atoms with E-state index in [0.717, 1.165) is 49.3 Å². The minimum atomic E-state index is 0.878. The normalized spacial score (nSPS) is 21.5. The van der Waals surface area contributed by atoms with Crippen molar-refractivity contribution < 1.29 is 0 Å². The summed E-state index contributed by atoms with van der Waals surface area (Å²) in [6.45, 7) is 10.2. The molecule has 0 N–H and O–H groups in total. The summed E-state index contributed by atoms with van der Waals surface area (Å²) >= 11 is 11.6. The summed E-state index contributed by atoms with van der Waals surface area (Å²) in [5.41, 5.74) is 0. The molecule has 1 aliphatic heterocycles. The smallest absolute Gasteiger partial charge is 0.0178 e. The van der Waals surface area contributed by atoms with E-state index in [1.165, 1.54) is 0 Å². The van der Waals surface area contributed by atoms with Gasteiger partial charge in [-0.05, 0) is 13.8 Å². The first-order valence-corrected chi connectivity index (χ1v) is 6.43. The number of halogens is 2. The van der Waals surface area contributed by atoms with Crippen LogP contribution in [0.15, 0.2) is 22.2 Å². The van der Waals surface area contributed by atoms with Crippen molar-refractivity contribution in [3.8, 4) is 0 Å². The van der Waals surface area contributed by atoms with E-state index in [4.69, 9.17) is 23.2 Å².